The van der Waals surface area contributed by atoms with Crippen LogP contribution < -0.4 is 0 Å². The maximum atomic E-state index is 11.8. The van der Waals surface area contributed by atoms with E-state index < -0.39 is 5.54 Å². The van der Waals surface area contributed by atoms with Crippen molar-refractivity contribution in [3.63, 3.8) is 0 Å². The van der Waals surface area contributed by atoms with E-state index in [1.165, 1.54) is 0 Å². The number of carbonyl (C=O) groups is 1. The van der Waals surface area contributed by atoms with E-state index in [9.17, 15) is 4.79 Å². The normalized spacial score (nSPS) is 23.3. The lowest BCUT2D eigenvalue weighted by Gasteiger charge is -2.16. The van der Waals surface area contributed by atoms with Gasteiger partial charge in [-0.3, -0.25) is 4.99 Å². The fourth-order valence-corrected chi connectivity index (χ4v) is 2.79. The highest BCUT2D eigenvalue weighted by molar-refractivity contribution is 8.14. The van der Waals surface area contributed by atoms with Crippen LogP contribution in [0.25, 0.3) is 0 Å². The second-order valence-corrected chi connectivity index (χ2v) is 5.03. The van der Waals surface area contributed by atoms with E-state index in [1.807, 2.05) is 44.2 Å². The minimum Gasteiger partial charge on any atom is -0.464 e. The van der Waals surface area contributed by atoms with Gasteiger partial charge >= 0.3 is 5.97 Å². The molecule has 0 spiro atoms. The Labute approximate surface area is 105 Å². The molecule has 0 fully saturated rings. The molecule has 2 rings (SSSR count). The predicted octanol–water partition coefficient (Wildman–Crippen LogP) is 2.50. The number of hydrogen-bond donors (Lipinski definition) is 0. The molecule has 4 heteroatoms. The zero-order chi connectivity index (χ0) is 12.3. The third kappa shape index (κ3) is 2.52. The van der Waals surface area contributed by atoms with Gasteiger partial charge in [0.1, 0.15) is 0 Å². The van der Waals surface area contributed by atoms with Crippen LogP contribution in [-0.2, 0) is 9.53 Å². The number of carbonyl (C=O) groups excluding carboxylic acids is 1. The van der Waals surface area contributed by atoms with Crippen molar-refractivity contribution in [3.8, 4) is 0 Å². The highest BCUT2D eigenvalue weighted by Crippen LogP contribution is 2.31. The van der Waals surface area contributed by atoms with Crippen molar-refractivity contribution < 1.29 is 9.53 Å². The Bertz CT molecular complexity index is 444. The lowest BCUT2D eigenvalue weighted by molar-refractivity contribution is -0.147. The van der Waals surface area contributed by atoms with Crippen LogP contribution in [0.2, 0.25) is 0 Å². The van der Waals surface area contributed by atoms with Crippen LogP contribution in [0.4, 0.5) is 0 Å². The highest BCUT2D eigenvalue weighted by Gasteiger charge is 2.39. The van der Waals surface area contributed by atoms with Crippen LogP contribution >= 0.6 is 11.8 Å². The smallest absolute Gasteiger partial charge is 0.334 e. The van der Waals surface area contributed by atoms with E-state index in [0.29, 0.717) is 12.4 Å². The first-order valence-electron chi connectivity index (χ1n) is 5.61. The van der Waals surface area contributed by atoms with E-state index in [0.717, 1.165) is 10.6 Å². The molecular weight excluding hydrogens is 234 g/mol. The molecule has 0 aliphatic carbocycles. The summed E-state index contributed by atoms with van der Waals surface area (Å²) in [6.07, 6.45) is 0. The number of aliphatic imine (C=N–C) groups is 1. The van der Waals surface area contributed by atoms with Crippen molar-refractivity contribution in [1.82, 2.24) is 0 Å². The van der Waals surface area contributed by atoms with Gasteiger partial charge in [0, 0.05) is 11.3 Å². The molecule has 1 heterocycles. The average Bonchev–Trinajstić information content (AvgIpc) is 2.75. The van der Waals surface area contributed by atoms with Gasteiger partial charge in [0.05, 0.1) is 11.7 Å². The highest BCUT2D eigenvalue weighted by atomic mass is 32.2. The summed E-state index contributed by atoms with van der Waals surface area (Å²) >= 11 is 1.61. The molecule has 3 nitrogen and oxygen atoms in total. The van der Waals surface area contributed by atoms with Crippen molar-refractivity contribution in [2.75, 3.05) is 12.4 Å². The molecule has 1 atom stereocenters. The molecule has 0 radical (unpaired) electrons. The van der Waals surface area contributed by atoms with Gasteiger partial charge in [-0.05, 0) is 13.8 Å². The van der Waals surface area contributed by atoms with Gasteiger partial charge in [0.15, 0.2) is 5.54 Å². The molecule has 0 saturated heterocycles. The number of benzene rings is 1. The number of ether oxygens (including phenoxy) is 1. The van der Waals surface area contributed by atoms with Gasteiger partial charge in [0.2, 0.25) is 0 Å². The first-order valence-corrected chi connectivity index (χ1v) is 6.59. The van der Waals surface area contributed by atoms with E-state index in [1.54, 1.807) is 11.8 Å². The van der Waals surface area contributed by atoms with Crippen LogP contribution in [0.5, 0.6) is 0 Å². The number of rotatable bonds is 3. The Morgan fingerprint density at radius 1 is 1.47 bits per heavy atom. The summed E-state index contributed by atoms with van der Waals surface area (Å²) in [4.78, 5) is 16.3. The molecular formula is C13H15NO2S. The maximum absolute atomic E-state index is 11.8. The van der Waals surface area contributed by atoms with Gasteiger partial charge in [-0.15, -0.1) is 11.8 Å². The molecule has 0 aromatic heterocycles. The third-order valence-corrected chi connectivity index (χ3v) is 3.88. The minimum absolute atomic E-state index is 0.238. The summed E-state index contributed by atoms with van der Waals surface area (Å²) in [5, 5.41) is 0.918. The van der Waals surface area contributed by atoms with E-state index >= 15 is 0 Å². The monoisotopic (exact) mass is 249 g/mol. The van der Waals surface area contributed by atoms with Gasteiger partial charge in [0.25, 0.3) is 0 Å². The molecule has 1 aromatic carbocycles. The Morgan fingerprint density at radius 3 is 2.82 bits per heavy atom. The van der Waals surface area contributed by atoms with Gasteiger partial charge in [-0.25, -0.2) is 4.79 Å². The van der Waals surface area contributed by atoms with Gasteiger partial charge in [-0.2, -0.15) is 0 Å². The molecule has 0 saturated carbocycles. The van der Waals surface area contributed by atoms with Crippen LogP contribution in [-0.4, -0.2) is 28.9 Å². The summed E-state index contributed by atoms with van der Waals surface area (Å²) in [5.74, 6) is 0.411. The first-order chi connectivity index (χ1) is 8.15. The van der Waals surface area contributed by atoms with Crippen molar-refractivity contribution in [1.29, 1.82) is 0 Å². The SMILES string of the molecule is CCOC(=O)[C@]1(C)CSC(c2ccccc2)=N1. The molecule has 90 valence electrons. The Kier molecular flexibility index (Phi) is 3.52. The maximum Gasteiger partial charge on any atom is 0.334 e. The van der Waals surface area contributed by atoms with Crippen LogP contribution in [0, 0.1) is 0 Å². The van der Waals surface area contributed by atoms with Crippen molar-refractivity contribution in [2.45, 2.75) is 19.4 Å². The standard InChI is InChI=1S/C13H15NO2S/c1-3-16-12(15)13(2)9-17-11(14-13)10-7-5-4-6-8-10/h4-8H,3,9H2,1-2H3/t13-/m0/s1. The molecule has 0 N–H and O–H groups in total. The molecule has 0 unspecified atom stereocenters. The van der Waals surface area contributed by atoms with Crippen molar-refractivity contribution in [3.05, 3.63) is 35.9 Å². The molecule has 1 aliphatic rings. The van der Waals surface area contributed by atoms with Crippen LogP contribution in [0.1, 0.15) is 19.4 Å². The first kappa shape index (κ1) is 12.2. The molecule has 0 amide bonds. The molecule has 1 aromatic rings. The van der Waals surface area contributed by atoms with E-state index in [2.05, 4.69) is 4.99 Å². The largest absolute Gasteiger partial charge is 0.464 e. The number of hydrogen-bond acceptors (Lipinski definition) is 4. The van der Waals surface area contributed by atoms with E-state index in [4.69, 9.17) is 4.74 Å². The molecule has 0 bridgehead atoms. The average molecular weight is 249 g/mol. The van der Waals surface area contributed by atoms with E-state index in [-0.39, 0.29) is 5.97 Å². The topological polar surface area (TPSA) is 38.7 Å². The molecule has 1 aliphatic heterocycles. The quantitative estimate of drug-likeness (QED) is 0.773. The fraction of sp³-hybridized carbons (Fsp3) is 0.385. The summed E-state index contributed by atoms with van der Waals surface area (Å²) < 4.78 is 5.05. The lowest BCUT2D eigenvalue weighted by Crippen LogP contribution is -2.35. The van der Waals surface area contributed by atoms with Gasteiger partial charge < -0.3 is 4.74 Å². The Hall–Kier alpha value is -1.29. The number of nitrogens with zero attached hydrogens (tertiary/aromatic N) is 1. The second-order valence-electron chi connectivity index (χ2n) is 4.07. The summed E-state index contributed by atoms with van der Waals surface area (Å²) in [6.45, 7) is 4.04. The Balaban J connectivity index is 2.21. The lowest BCUT2D eigenvalue weighted by atomic mass is 10.1. The zero-order valence-electron chi connectivity index (χ0n) is 9.97. The predicted molar refractivity (Wildman–Crippen MR) is 70.5 cm³/mol. The Morgan fingerprint density at radius 2 is 2.18 bits per heavy atom. The van der Waals surface area contributed by atoms with Gasteiger partial charge in [-0.1, -0.05) is 30.3 Å². The fourth-order valence-electron chi connectivity index (χ4n) is 1.62. The third-order valence-electron chi connectivity index (χ3n) is 2.57. The minimum atomic E-state index is -0.730. The zero-order valence-corrected chi connectivity index (χ0v) is 10.8. The molecule has 17 heavy (non-hydrogen) atoms. The van der Waals surface area contributed by atoms with Crippen LogP contribution in [0.3, 0.4) is 0 Å². The van der Waals surface area contributed by atoms with Crippen molar-refractivity contribution >= 4 is 22.8 Å². The van der Waals surface area contributed by atoms with Crippen molar-refractivity contribution in [2.24, 2.45) is 4.99 Å². The summed E-state index contributed by atoms with van der Waals surface area (Å²) in [6, 6.07) is 9.91. The second kappa shape index (κ2) is 4.92. The summed E-state index contributed by atoms with van der Waals surface area (Å²) in [5.41, 5.74) is 0.330. The van der Waals surface area contributed by atoms with Crippen LogP contribution in [0.15, 0.2) is 35.3 Å². The number of esters is 1. The summed E-state index contributed by atoms with van der Waals surface area (Å²) in [7, 11) is 0. The number of thioether (sulfide) groups is 1.